The van der Waals surface area contributed by atoms with Gasteiger partial charge in [-0.25, -0.2) is 0 Å². The molecule has 0 saturated carbocycles. The number of carbonyl (C=O) groups excluding carboxylic acids is 1. The largest absolute Gasteiger partial charge is 0.340 e. The molecule has 88 valence electrons. The van der Waals surface area contributed by atoms with Gasteiger partial charge in [0.05, 0.1) is 12.7 Å². The molecule has 1 aromatic heterocycles. The van der Waals surface area contributed by atoms with E-state index in [0.29, 0.717) is 19.0 Å². The molecule has 2 heterocycles. The molecular formula is C10H17N5O. The zero-order chi connectivity index (χ0) is 11.4. The number of hydrogen-bond donors (Lipinski definition) is 1. The van der Waals surface area contributed by atoms with E-state index < -0.39 is 0 Å². The number of rotatable bonds is 3. The summed E-state index contributed by atoms with van der Waals surface area (Å²) in [5, 5.41) is 10.8. The van der Waals surface area contributed by atoms with Crippen molar-refractivity contribution >= 4 is 5.91 Å². The zero-order valence-corrected chi connectivity index (χ0v) is 9.46. The van der Waals surface area contributed by atoms with Crippen LogP contribution in [-0.4, -0.2) is 51.5 Å². The van der Waals surface area contributed by atoms with E-state index in [1.165, 1.54) is 0 Å². The standard InChI is InChI=1S/C10H17N5O/c1-9-8-14(6-3-11-9)10(16)2-5-15-7-4-12-13-15/h4,7,9,11H,2-3,5-6,8H2,1H3/t9-/m0/s1. The first-order valence-electron chi connectivity index (χ1n) is 5.61. The van der Waals surface area contributed by atoms with Crippen molar-refractivity contribution in [2.45, 2.75) is 25.9 Å². The van der Waals surface area contributed by atoms with Crippen LogP contribution in [0.5, 0.6) is 0 Å². The molecule has 1 saturated heterocycles. The number of piperazine rings is 1. The van der Waals surface area contributed by atoms with Gasteiger partial charge in [-0.05, 0) is 6.92 Å². The Morgan fingerprint density at radius 1 is 1.62 bits per heavy atom. The summed E-state index contributed by atoms with van der Waals surface area (Å²) >= 11 is 0. The van der Waals surface area contributed by atoms with E-state index in [4.69, 9.17) is 0 Å². The molecule has 0 aliphatic carbocycles. The third-order valence-electron chi connectivity index (χ3n) is 2.75. The molecule has 0 unspecified atom stereocenters. The van der Waals surface area contributed by atoms with E-state index in [1.807, 2.05) is 4.90 Å². The van der Waals surface area contributed by atoms with Crippen LogP contribution in [0.15, 0.2) is 12.4 Å². The van der Waals surface area contributed by atoms with Crippen LogP contribution in [0, 0.1) is 0 Å². The van der Waals surface area contributed by atoms with Crippen LogP contribution in [0.4, 0.5) is 0 Å². The summed E-state index contributed by atoms with van der Waals surface area (Å²) in [4.78, 5) is 13.8. The summed E-state index contributed by atoms with van der Waals surface area (Å²) < 4.78 is 1.68. The first-order chi connectivity index (χ1) is 7.75. The molecule has 6 heteroatoms. The Labute approximate surface area is 94.6 Å². The molecule has 1 aromatic rings. The zero-order valence-electron chi connectivity index (χ0n) is 9.46. The Balaban J connectivity index is 1.79. The molecule has 1 atom stereocenters. The summed E-state index contributed by atoms with van der Waals surface area (Å²) in [6.07, 6.45) is 3.89. The van der Waals surface area contributed by atoms with Crippen molar-refractivity contribution in [3.8, 4) is 0 Å². The summed E-state index contributed by atoms with van der Waals surface area (Å²) in [7, 11) is 0. The van der Waals surface area contributed by atoms with Crippen molar-refractivity contribution in [1.82, 2.24) is 25.2 Å². The SMILES string of the molecule is C[C@H]1CN(C(=O)CCn2ccnn2)CCN1. The second-order valence-corrected chi connectivity index (χ2v) is 4.11. The Hall–Kier alpha value is -1.43. The Morgan fingerprint density at radius 3 is 3.19 bits per heavy atom. The predicted octanol–water partition coefficient (Wildman–Crippen LogP) is -0.511. The molecule has 1 amide bonds. The van der Waals surface area contributed by atoms with Gasteiger partial charge in [-0.2, -0.15) is 0 Å². The second kappa shape index (κ2) is 5.07. The summed E-state index contributed by atoms with van der Waals surface area (Å²) in [5.41, 5.74) is 0. The van der Waals surface area contributed by atoms with Crippen LogP contribution >= 0.6 is 0 Å². The van der Waals surface area contributed by atoms with E-state index in [0.717, 1.165) is 19.6 Å². The molecule has 1 aliphatic heterocycles. The lowest BCUT2D eigenvalue weighted by Gasteiger charge is -2.31. The Kier molecular flexibility index (Phi) is 3.51. The number of nitrogens with zero attached hydrogens (tertiary/aromatic N) is 4. The fourth-order valence-electron chi connectivity index (χ4n) is 1.88. The maximum atomic E-state index is 11.9. The number of aromatic nitrogens is 3. The summed E-state index contributed by atoms with van der Waals surface area (Å²) in [5.74, 6) is 0.198. The molecule has 16 heavy (non-hydrogen) atoms. The average Bonchev–Trinajstić information content (AvgIpc) is 2.78. The lowest BCUT2D eigenvalue weighted by molar-refractivity contribution is -0.132. The molecule has 0 bridgehead atoms. The first kappa shape index (κ1) is 11.1. The molecule has 2 rings (SSSR count). The van der Waals surface area contributed by atoms with Crippen molar-refractivity contribution in [2.75, 3.05) is 19.6 Å². The minimum absolute atomic E-state index is 0.198. The number of hydrogen-bond acceptors (Lipinski definition) is 4. The minimum atomic E-state index is 0.198. The Bertz CT molecular complexity index is 337. The first-order valence-corrected chi connectivity index (χ1v) is 5.61. The van der Waals surface area contributed by atoms with Crippen molar-refractivity contribution in [3.05, 3.63) is 12.4 Å². The van der Waals surface area contributed by atoms with E-state index in [-0.39, 0.29) is 5.91 Å². The normalized spacial score (nSPS) is 21.1. The molecule has 0 radical (unpaired) electrons. The monoisotopic (exact) mass is 223 g/mol. The van der Waals surface area contributed by atoms with Gasteiger partial charge in [0.25, 0.3) is 0 Å². The number of aryl methyl sites for hydroxylation is 1. The molecule has 0 aromatic carbocycles. The molecule has 6 nitrogen and oxygen atoms in total. The molecule has 1 N–H and O–H groups in total. The fraction of sp³-hybridized carbons (Fsp3) is 0.700. The van der Waals surface area contributed by atoms with Crippen molar-refractivity contribution in [1.29, 1.82) is 0 Å². The van der Waals surface area contributed by atoms with Gasteiger partial charge in [-0.3, -0.25) is 9.48 Å². The van der Waals surface area contributed by atoms with Crippen molar-refractivity contribution in [3.63, 3.8) is 0 Å². The highest BCUT2D eigenvalue weighted by molar-refractivity contribution is 5.76. The van der Waals surface area contributed by atoms with Crippen LogP contribution in [-0.2, 0) is 11.3 Å². The van der Waals surface area contributed by atoms with Gasteiger partial charge in [0.15, 0.2) is 0 Å². The van der Waals surface area contributed by atoms with Crippen LogP contribution in [0.2, 0.25) is 0 Å². The highest BCUT2D eigenvalue weighted by Gasteiger charge is 2.19. The van der Waals surface area contributed by atoms with E-state index >= 15 is 0 Å². The van der Waals surface area contributed by atoms with E-state index in [1.54, 1.807) is 17.1 Å². The van der Waals surface area contributed by atoms with E-state index in [9.17, 15) is 4.79 Å². The van der Waals surface area contributed by atoms with Crippen molar-refractivity contribution in [2.24, 2.45) is 0 Å². The third-order valence-corrected chi connectivity index (χ3v) is 2.75. The van der Waals surface area contributed by atoms with Crippen LogP contribution in [0.25, 0.3) is 0 Å². The third kappa shape index (κ3) is 2.79. The van der Waals surface area contributed by atoms with Crippen LogP contribution in [0.3, 0.4) is 0 Å². The maximum absolute atomic E-state index is 11.9. The van der Waals surface area contributed by atoms with Gasteiger partial charge in [0.1, 0.15) is 0 Å². The molecule has 1 aliphatic rings. The van der Waals surface area contributed by atoms with Crippen LogP contribution < -0.4 is 5.32 Å². The second-order valence-electron chi connectivity index (χ2n) is 4.11. The van der Waals surface area contributed by atoms with Gasteiger partial charge in [-0.15, -0.1) is 5.10 Å². The van der Waals surface area contributed by atoms with Crippen molar-refractivity contribution < 1.29 is 4.79 Å². The quantitative estimate of drug-likeness (QED) is 0.749. The van der Waals surface area contributed by atoms with Gasteiger partial charge >= 0.3 is 0 Å². The Morgan fingerprint density at radius 2 is 2.50 bits per heavy atom. The minimum Gasteiger partial charge on any atom is -0.340 e. The van der Waals surface area contributed by atoms with E-state index in [2.05, 4.69) is 22.6 Å². The highest BCUT2D eigenvalue weighted by atomic mass is 16.2. The lowest BCUT2D eigenvalue weighted by atomic mass is 10.2. The number of nitrogens with one attached hydrogen (secondary N) is 1. The highest BCUT2D eigenvalue weighted by Crippen LogP contribution is 2.02. The average molecular weight is 223 g/mol. The fourth-order valence-corrected chi connectivity index (χ4v) is 1.88. The number of carbonyl (C=O) groups is 1. The number of amides is 1. The lowest BCUT2D eigenvalue weighted by Crippen LogP contribution is -2.51. The van der Waals surface area contributed by atoms with Gasteiger partial charge in [0, 0.05) is 38.3 Å². The predicted molar refractivity (Wildman–Crippen MR) is 58.7 cm³/mol. The summed E-state index contributed by atoms with van der Waals surface area (Å²) in [6.45, 7) is 5.20. The topological polar surface area (TPSA) is 63.1 Å². The van der Waals surface area contributed by atoms with Crippen LogP contribution in [0.1, 0.15) is 13.3 Å². The van der Waals surface area contributed by atoms with Gasteiger partial charge < -0.3 is 10.2 Å². The molecule has 0 spiro atoms. The smallest absolute Gasteiger partial charge is 0.224 e. The molecular weight excluding hydrogens is 206 g/mol. The maximum Gasteiger partial charge on any atom is 0.224 e. The van der Waals surface area contributed by atoms with Gasteiger partial charge in [-0.1, -0.05) is 5.21 Å². The molecule has 1 fully saturated rings. The summed E-state index contributed by atoms with van der Waals surface area (Å²) in [6, 6.07) is 0.393. The van der Waals surface area contributed by atoms with Gasteiger partial charge in [0.2, 0.25) is 5.91 Å².